The minimum absolute atomic E-state index is 0.0617. The lowest BCUT2D eigenvalue weighted by molar-refractivity contribution is 0.0724. The Kier molecular flexibility index (Phi) is 5.16. The van der Waals surface area contributed by atoms with E-state index >= 15 is 0 Å². The smallest absolute Gasteiger partial charge is 0.254 e. The number of rotatable bonds is 5. The first kappa shape index (κ1) is 18.3. The molecule has 1 atom stereocenters. The molecule has 1 heterocycles. The molecule has 0 saturated heterocycles. The molecule has 1 aliphatic heterocycles. The van der Waals surface area contributed by atoms with E-state index in [0.717, 1.165) is 34.4 Å². The van der Waals surface area contributed by atoms with Gasteiger partial charge in [-0.2, -0.15) is 0 Å². The molecule has 28 heavy (non-hydrogen) atoms. The molecule has 3 aromatic carbocycles. The highest BCUT2D eigenvalue weighted by molar-refractivity contribution is 5.97. The number of nitrogens with zero attached hydrogens (tertiary/aromatic N) is 1. The summed E-state index contributed by atoms with van der Waals surface area (Å²) in [6, 6.07) is 24.3. The molecule has 1 amide bonds. The monoisotopic (exact) mass is 371 g/mol. The van der Waals surface area contributed by atoms with Gasteiger partial charge >= 0.3 is 0 Å². The van der Waals surface area contributed by atoms with Gasteiger partial charge in [0.1, 0.15) is 11.9 Å². The second-order valence-corrected chi connectivity index (χ2v) is 7.42. The van der Waals surface area contributed by atoms with Gasteiger partial charge in [0.25, 0.3) is 5.91 Å². The fourth-order valence-corrected chi connectivity index (χ4v) is 3.70. The van der Waals surface area contributed by atoms with Crippen LogP contribution in [0.1, 0.15) is 45.6 Å². The fraction of sp³-hybridized carbons (Fsp3) is 0.240. The van der Waals surface area contributed by atoms with Crippen LogP contribution in [-0.4, -0.2) is 17.4 Å². The molecule has 0 spiro atoms. The molecule has 3 nitrogen and oxygen atoms in total. The number of ether oxygens (including phenoxy) is 1. The van der Waals surface area contributed by atoms with Gasteiger partial charge in [-0.25, -0.2) is 0 Å². The normalized spacial score (nSPS) is 14.5. The molecule has 0 aromatic heterocycles. The maximum atomic E-state index is 13.1. The van der Waals surface area contributed by atoms with Crippen molar-refractivity contribution in [2.24, 2.45) is 0 Å². The van der Waals surface area contributed by atoms with Crippen molar-refractivity contribution in [2.75, 3.05) is 6.54 Å². The topological polar surface area (TPSA) is 29.5 Å². The molecule has 0 N–H and O–H groups in total. The van der Waals surface area contributed by atoms with Gasteiger partial charge in [-0.05, 0) is 43.5 Å². The predicted octanol–water partition coefficient (Wildman–Crippen LogP) is 5.33. The molecule has 0 aliphatic carbocycles. The first-order valence-corrected chi connectivity index (χ1v) is 9.80. The van der Waals surface area contributed by atoms with E-state index in [9.17, 15) is 4.79 Å². The number of fused-ring (bicyclic) bond motifs is 1. The van der Waals surface area contributed by atoms with E-state index < -0.39 is 0 Å². The minimum atomic E-state index is -0.0617. The molecule has 0 radical (unpaired) electrons. The van der Waals surface area contributed by atoms with E-state index in [2.05, 4.69) is 43.3 Å². The molecule has 142 valence electrons. The second kappa shape index (κ2) is 7.89. The third-order valence-corrected chi connectivity index (χ3v) is 5.35. The Morgan fingerprint density at radius 2 is 1.71 bits per heavy atom. The first-order chi connectivity index (χ1) is 13.6. The van der Waals surface area contributed by atoms with E-state index in [1.165, 1.54) is 5.56 Å². The van der Waals surface area contributed by atoms with Crippen LogP contribution in [0.2, 0.25) is 0 Å². The van der Waals surface area contributed by atoms with E-state index in [1.807, 2.05) is 48.2 Å². The molecule has 0 fully saturated rings. The van der Waals surface area contributed by atoms with Crippen LogP contribution in [0.4, 0.5) is 0 Å². The molecular weight excluding hydrogens is 346 g/mol. The Morgan fingerprint density at radius 3 is 2.46 bits per heavy atom. The van der Waals surface area contributed by atoms with E-state index in [4.69, 9.17) is 4.74 Å². The highest BCUT2D eigenvalue weighted by Gasteiger charge is 2.27. The molecule has 4 rings (SSSR count). The summed E-state index contributed by atoms with van der Waals surface area (Å²) in [6.07, 6.45) is 0.748. The summed E-state index contributed by atoms with van der Waals surface area (Å²) in [5.74, 6) is 0.900. The van der Waals surface area contributed by atoms with Gasteiger partial charge in [0.2, 0.25) is 0 Å². The number of carbonyl (C=O) groups excluding carboxylic acids is 1. The van der Waals surface area contributed by atoms with Crippen LogP contribution in [-0.2, 0) is 13.0 Å². The Bertz CT molecular complexity index is 964. The van der Waals surface area contributed by atoms with Gasteiger partial charge in [-0.15, -0.1) is 0 Å². The second-order valence-electron chi connectivity index (χ2n) is 7.42. The van der Waals surface area contributed by atoms with Gasteiger partial charge in [-0.1, -0.05) is 66.2 Å². The largest absolute Gasteiger partial charge is 0.486 e. The first-order valence-electron chi connectivity index (χ1n) is 9.80. The van der Waals surface area contributed by atoms with Gasteiger partial charge in [0, 0.05) is 24.2 Å². The Labute approximate surface area is 166 Å². The Hall–Kier alpha value is -3.07. The van der Waals surface area contributed by atoms with Crippen LogP contribution in [0.15, 0.2) is 72.8 Å². The molecule has 1 aliphatic rings. The van der Waals surface area contributed by atoms with Crippen molar-refractivity contribution in [3.05, 3.63) is 101 Å². The zero-order valence-electron chi connectivity index (χ0n) is 16.4. The van der Waals surface area contributed by atoms with Crippen molar-refractivity contribution in [3.63, 3.8) is 0 Å². The molecule has 0 bridgehead atoms. The third kappa shape index (κ3) is 3.79. The van der Waals surface area contributed by atoms with Crippen molar-refractivity contribution < 1.29 is 9.53 Å². The number of benzene rings is 3. The minimum Gasteiger partial charge on any atom is -0.486 e. The molecule has 3 aromatic rings. The summed E-state index contributed by atoms with van der Waals surface area (Å²) in [4.78, 5) is 15.0. The predicted molar refractivity (Wildman–Crippen MR) is 112 cm³/mol. The van der Waals surface area contributed by atoms with Crippen LogP contribution in [0.25, 0.3) is 0 Å². The van der Waals surface area contributed by atoms with Gasteiger partial charge in [0.05, 0.1) is 0 Å². The average molecular weight is 371 g/mol. The Morgan fingerprint density at radius 1 is 0.964 bits per heavy atom. The lowest BCUT2D eigenvalue weighted by atomic mass is 9.97. The number of hydrogen-bond acceptors (Lipinski definition) is 2. The fourth-order valence-electron chi connectivity index (χ4n) is 3.70. The zero-order valence-corrected chi connectivity index (χ0v) is 16.4. The lowest BCUT2D eigenvalue weighted by Gasteiger charge is -2.30. The van der Waals surface area contributed by atoms with Gasteiger partial charge in [-0.3, -0.25) is 4.79 Å². The summed E-state index contributed by atoms with van der Waals surface area (Å²) in [5, 5.41) is 0. The van der Waals surface area contributed by atoms with Gasteiger partial charge < -0.3 is 9.64 Å². The summed E-state index contributed by atoms with van der Waals surface area (Å²) in [7, 11) is 0. The maximum absolute atomic E-state index is 13.1. The summed E-state index contributed by atoms with van der Waals surface area (Å²) < 4.78 is 6.24. The zero-order chi connectivity index (χ0) is 19.5. The van der Waals surface area contributed by atoms with E-state index in [0.29, 0.717) is 13.1 Å². The number of aryl methyl sites for hydroxylation is 1. The van der Waals surface area contributed by atoms with Crippen LogP contribution in [0.5, 0.6) is 5.75 Å². The summed E-state index contributed by atoms with van der Waals surface area (Å²) in [5.41, 5.74) is 5.30. The van der Waals surface area contributed by atoms with E-state index in [1.54, 1.807) is 0 Å². The maximum Gasteiger partial charge on any atom is 0.254 e. The number of amides is 1. The summed E-state index contributed by atoms with van der Waals surface area (Å²) in [6.45, 7) is 5.47. The highest BCUT2D eigenvalue weighted by Crippen LogP contribution is 2.31. The standard InChI is InChI=1S/C25H25NO2/c1-18-11-13-20(14-12-18)17-26-16-15-22-23(25(26)27)9-6-10-24(22)28-19(2)21-7-4-3-5-8-21/h3-14,19H,15-17H2,1-2H3. The number of hydrogen-bond donors (Lipinski definition) is 0. The van der Waals surface area contributed by atoms with Crippen molar-refractivity contribution >= 4 is 5.91 Å². The van der Waals surface area contributed by atoms with Crippen molar-refractivity contribution in [1.29, 1.82) is 0 Å². The highest BCUT2D eigenvalue weighted by atomic mass is 16.5. The van der Waals surface area contributed by atoms with Crippen LogP contribution < -0.4 is 4.74 Å². The molecular formula is C25H25NO2. The van der Waals surface area contributed by atoms with Crippen molar-refractivity contribution in [3.8, 4) is 5.75 Å². The SMILES string of the molecule is Cc1ccc(CN2CCc3c(OC(C)c4ccccc4)cccc3C2=O)cc1. The van der Waals surface area contributed by atoms with Crippen molar-refractivity contribution in [2.45, 2.75) is 32.9 Å². The van der Waals surface area contributed by atoms with Crippen LogP contribution in [0, 0.1) is 6.92 Å². The van der Waals surface area contributed by atoms with E-state index in [-0.39, 0.29) is 12.0 Å². The molecule has 1 unspecified atom stereocenters. The molecule has 3 heteroatoms. The Balaban J connectivity index is 1.53. The number of carbonyl (C=O) groups is 1. The van der Waals surface area contributed by atoms with Crippen molar-refractivity contribution in [1.82, 2.24) is 4.90 Å². The van der Waals surface area contributed by atoms with Gasteiger partial charge in [0.15, 0.2) is 0 Å². The third-order valence-electron chi connectivity index (χ3n) is 5.35. The quantitative estimate of drug-likeness (QED) is 0.606. The van der Waals surface area contributed by atoms with Crippen LogP contribution in [0.3, 0.4) is 0 Å². The van der Waals surface area contributed by atoms with Crippen LogP contribution >= 0.6 is 0 Å². The molecule has 0 saturated carbocycles. The summed E-state index contributed by atoms with van der Waals surface area (Å²) >= 11 is 0. The lowest BCUT2D eigenvalue weighted by Crippen LogP contribution is -2.37. The average Bonchev–Trinajstić information content (AvgIpc) is 2.73.